The zero-order valence-corrected chi connectivity index (χ0v) is 17.9. The molecule has 1 atom stereocenters. The number of nitrogens with zero attached hydrogens (tertiary/aromatic N) is 1. The Morgan fingerprint density at radius 3 is 2.66 bits per heavy atom. The van der Waals surface area contributed by atoms with E-state index in [2.05, 4.69) is 0 Å². The minimum Gasteiger partial charge on any atom is -0.497 e. The van der Waals surface area contributed by atoms with Gasteiger partial charge in [-0.25, -0.2) is 0 Å². The fourth-order valence-electron chi connectivity index (χ4n) is 4.26. The summed E-state index contributed by atoms with van der Waals surface area (Å²) in [7, 11) is 1.66. The number of benzene rings is 1. The normalized spacial score (nSPS) is 21.3. The first-order valence-corrected chi connectivity index (χ1v) is 10.9. The second-order valence-corrected chi connectivity index (χ2v) is 7.94. The molecule has 2 fully saturated rings. The number of likely N-dealkylation sites (tertiary alicyclic amines) is 1. The van der Waals surface area contributed by atoms with Gasteiger partial charge in [-0.05, 0) is 50.3 Å². The number of rotatable bonds is 9. The molecule has 2 aliphatic rings. The van der Waals surface area contributed by atoms with Crippen LogP contribution in [-0.2, 0) is 25.4 Å². The molecule has 0 saturated carbocycles. The van der Waals surface area contributed by atoms with Crippen LogP contribution in [0.2, 0.25) is 0 Å². The number of hydrogen-bond acceptors (Lipinski definition) is 5. The Morgan fingerprint density at radius 1 is 1.21 bits per heavy atom. The Labute approximate surface area is 174 Å². The van der Waals surface area contributed by atoms with Crippen molar-refractivity contribution in [3.05, 3.63) is 29.8 Å². The Balaban J connectivity index is 1.41. The smallest absolute Gasteiger partial charge is 0.222 e. The molecular formula is C23H35NO5. The highest BCUT2D eigenvalue weighted by molar-refractivity contribution is 5.76. The van der Waals surface area contributed by atoms with E-state index in [0.717, 1.165) is 69.7 Å². The summed E-state index contributed by atoms with van der Waals surface area (Å²) < 4.78 is 22.7. The molecule has 162 valence electrons. The SMILES string of the molecule is CCOCCOC1CCOC2(CCN(C(=O)CCc3ccc(OC)cc3)CC2)C1. The number of carbonyl (C=O) groups excluding carboxylic acids is 1. The second kappa shape index (κ2) is 11.0. The molecule has 1 aromatic rings. The van der Waals surface area contributed by atoms with Gasteiger partial charge in [-0.15, -0.1) is 0 Å². The predicted octanol–water partition coefficient (Wildman–Crippen LogP) is 3.22. The fourth-order valence-corrected chi connectivity index (χ4v) is 4.26. The summed E-state index contributed by atoms with van der Waals surface area (Å²) in [5, 5.41) is 0. The molecule has 2 aliphatic heterocycles. The minimum atomic E-state index is -0.124. The van der Waals surface area contributed by atoms with Crippen LogP contribution in [0.4, 0.5) is 0 Å². The van der Waals surface area contributed by atoms with Gasteiger partial charge in [0.25, 0.3) is 0 Å². The second-order valence-electron chi connectivity index (χ2n) is 7.94. The number of ether oxygens (including phenoxy) is 4. The molecule has 1 aromatic carbocycles. The third-order valence-corrected chi connectivity index (χ3v) is 6.05. The van der Waals surface area contributed by atoms with Crippen molar-refractivity contribution in [2.45, 2.75) is 57.2 Å². The van der Waals surface area contributed by atoms with Gasteiger partial charge in [-0.1, -0.05) is 12.1 Å². The maximum Gasteiger partial charge on any atom is 0.222 e. The molecule has 1 spiro atoms. The predicted molar refractivity (Wildman–Crippen MR) is 111 cm³/mol. The standard InChI is InChI=1S/C23H35NO5/c1-3-27-16-17-28-21-10-15-29-23(18-21)11-13-24(14-12-23)22(25)9-6-19-4-7-20(26-2)8-5-19/h4-5,7-8,21H,3,6,9-18H2,1-2H3. The number of aryl methyl sites for hydroxylation is 1. The van der Waals surface area contributed by atoms with Crippen molar-refractivity contribution in [2.75, 3.05) is 46.6 Å². The van der Waals surface area contributed by atoms with Crippen LogP contribution in [0.1, 0.15) is 44.6 Å². The van der Waals surface area contributed by atoms with Crippen molar-refractivity contribution < 1.29 is 23.7 Å². The average molecular weight is 406 g/mol. The lowest BCUT2D eigenvalue weighted by Crippen LogP contribution is -2.52. The third-order valence-electron chi connectivity index (χ3n) is 6.05. The summed E-state index contributed by atoms with van der Waals surface area (Å²) in [6, 6.07) is 7.94. The highest BCUT2D eigenvalue weighted by atomic mass is 16.5. The van der Waals surface area contributed by atoms with Crippen LogP contribution in [-0.4, -0.2) is 69.1 Å². The average Bonchev–Trinajstić information content (AvgIpc) is 2.76. The maximum atomic E-state index is 12.7. The Kier molecular flexibility index (Phi) is 8.33. The van der Waals surface area contributed by atoms with E-state index in [1.54, 1.807) is 7.11 Å². The molecule has 0 aliphatic carbocycles. The van der Waals surface area contributed by atoms with Crippen LogP contribution >= 0.6 is 0 Å². The van der Waals surface area contributed by atoms with E-state index in [1.165, 1.54) is 0 Å². The highest BCUT2D eigenvalue weighted by Crippen LogP contribution is 2.36. The van der Waals surface area contributed by atoms with Crippen LogP contribution in [0.5, 0.6) is 5.75 Å². The van der Waals surface area contributed by atoms with Crippen molar-refractivity contribution in [3.63, 3.8) is 0 Å². The monoisotopic (exact) mass is 405 g/mol. The summed E-state index contributed by atoms with van der Waals surface area (Å²) in [5.41, 5.74) is 1.04. The molecule has 1 unspecified atom stereocenters. The quantitative estimate of drug-likeness (QED) is 0.591. The van der Waals surface area contributed by atoms with Gasteiger partial charge in [0.2, 0.25) is 5.91 Å². The van der Waals surface area contributed by atoms with Crippen LogP contribution in [0, 0.1) is 0 Å². The van der Waals surface area contributed by atoms with E-state index < -0.39 is 0 Å². The number of carbonyl (C=O) groups is 1. The van der Waals surface area contributed by atoms with Crippen molar-refractivity contribution >= 4 is 5.91 Å². The third kappa shape index (κ3) is 6.43. The fraction of sp³-hybridized carbons (Fsp3) is 0.696. The van der Waals surface area contributed by atoms with Crippen molar-refractivity contribution in [1.29, 1.82) is 0 Å². The first kappa shape index (κ1) is 22.1. The van der Waals surface area contributed by atoms with E-state index in [1.807, 2.05) is 36.1 Å². The van der Waals surface area contributed by atoms with Gasteiger partial charge < -0.3 is 23.8 Å². The van der Waals surface area contributed by atoms with Gasteiger partial charge in [-0.2, -0.15) is 0 Å². The first-order chi connectivity index (χ1) is 14.1. The molecule has 2 heterocycles. The molecule has 0 N–H and O–H groups in total. The van der Waals surface area contributed by atoms with Crippen LogP contribution in [0.25, 0.3) is 0 Å². The molecule has 0 bridgehead atoms. The maximum absolute atomic E-state index is 12.7. The van der Waals surface area contributed by atoms with Crippen molar-refractivity contribution in [1.82, 2.24) is 4.90 Å². The largest absolute Gasteiger partial charge is 0.497 e. The lowest BCUT2D eigenvalue weighted by atomic mass is 9.83. The molecular weight excluding hydrogens is 370 g/mol. The molecule has 0 radical (unpaired) electrons. The zero-order valence-electron chi connectivity index (χ0n) is 17.9. The van der Waals surface area contributed by atoms with Gasteiger partial charge in [0.15, 0.2) is 0 Å². The lowest BCUT2D eigenvalue weighted by molar-refractivity contribution is -0.163. The van der Waals surface area contributed by atoms with Crippen molar-refractivity contribution in [2.24, 2.45) is 0 Å². The summed E-state index contributed by atoms with van der Waals surface area (Å²) in [6.45, 7) is 6.30. The van der Waals surface area contributed by atoms with Gasteiger partial charge >= 0.3 is 0 Å². The summed E-state index contributed by atoms with van der Waals surface area (Å²) in [4.78, 5) is 14.7. The van der Waals surface area contributed by atoms with E-state index in [9.17, 15) is 4.79 Å². The first-order valence-electron chi connectivity index (χ1n) is 10.9. The minimum absolute atomic E-state index is 0.124. The van der Waals surface area contributed by atoms with Crippen LogP contribution in [0.3, 0.4) is 0 Å². The molecule has 3 rings (SSSR count). The molecule has 2 saturated heterocycles. The Bertz CT molecular complexity index is 625. The van der Waals surface area contributed by atoms with Gasteiger partial charge in [-0.3, -0.25) is 4.79 Å². The van der Waals surface area contributed by atoms with Crippen LogP contribution < -0.4 is 4.74 Å². The van der Waals surface area contributed by atoms with Crippen LogP contribution in [0.15, 0.2) is 24.3 Å². The van der Waals surface area contributed by atoms with Gasteiger partial charge in [0, 0.05) is 39.1 Å². The van der Waals surface area contributed by atoms with Gasteiger partial charge in [0.05, 0.1) is 32.0 Å². The number of piperidine rings is 1. The Hall–Kier alpha value is -1.63. The van der Waals surface area contributed by atoms with E-state index >= 15 is 0 Å². The zero-order chi connectivity index (χ0) is 20.5. The Morgan fingerprint density at radius 2 is 1.97 bits per heavy atom. The summed E-state index contributed by atoms with van der Waals surface area (Å²) >= 11 is 0. The molecule has 0 aromatic heterocycles. The van der Waals surface area contributed by atoms with E-state index in [0.29, 0.717) is 19.6 Å². The number of hydrogen-bond donors (Lipinski definition) is 0. The van der Waals surface area contributed by atoms with E-state index in [4.69, 9.17) is 18.9 Å². The lowest BCUT2D eigenvalue weighted by Gasteiger charge is -2.46. The molecule has 6 nitrogen and oxygen atoms in total. The summed E-state index contributed by atoms with van der Waals surface area (Å²) in [5.74, 6) is 1.07. The van der Waals surface area contributed by atoms with E-state index in [-0.39, 0.29) is 17.6 Å². The molecule has 29 heavy (non-hydrogen) atoms. The van der Waals surface area contributed by atoms with Gasteiger partial charge in [0.1, 0.15) is 5.75 Å². The molecule has 6 heteroatoms. The van der Waals surface area contributed by atoms with Crippen molar-refractivity contribution in [3.8, 4) is 5.75 Å². The molecule has 1 amide bonds. The highest BCUT2D eigenvalue weighted by Gasteiger charge is 2.41. The summed E-state index contributed by atoms with van der Waals surface area (Å²) in [6.07, 6.45) is 5.20. The number of amides is 1. The topological polar surface area (TPSA) is 57.2 Å². The number of methoxy groups -OCH3 is 1.